The molecule has 0 aromatic carbocycles. The molecule has 0 saturated heterocycles. The SMILES string of the molecule is C[C@H](CCC(=O)NCCS(=O)(=O)O)[C@H]1CC[C@H]2[C@@H]3[C@@H](O)[C@@H](O)[C@@H]4C[C@H](O)CC[C@]4(C)[C@H]3C[C@H](O)[C@]12C. The molecule has 1 amide bonds. The fourth-order valence-corrected chi connectivity index (χ4v) is 9.50. The van der Waals surface area contributed by atoms with Gasteiger partial charge in [0.05, 0.1) is 30.2 Å². The molecule has 4 rings (SSSR count). The van der Waals surface area contributed by atoms with E-state index in [0.717, 1.165) is 19.3 Å². The summed E-state index contributed by atoms with van der Waals surface area (Å²) in [5.41, 5.74) is -0.658. The van der Waals surface area contributed by atoms with E-state index in [1.165, 1.54) is 0 Å². The van der Waals surface area contributed by atoms with E-state index in [9.17, 15) is 33.6 Å². The number of nitrogens with one attached hydrogen (secondary N) is 1. The first-order valence-corrected chi connectivity index (χ1v) is 15.2. The Morgan fingerprint density at radius 2 is 1.69 bits per heavy atom. The molecule has 9 nitrogen and oxygen atoms in total. The van der Waals surface area contributed by atoms with Gasteiger partial charge in [0, 0.05) is 13.0 Å². The van der Waals surface area contributed by atoms with Crippen LogP contribution in [0.1, 0.15) is 72.1 Å². The lowest BCUT2D eigenvalue weighted by molar-refractivity contribution is -0.243. The van der Waals surface area contributed by atoms with Gasteiger partial charge in [0.15, 0.2) is 0 Å². The van der Waals surface area contributed by atoms with E-state index in [0.29, 0.717) is 25.7 Å². The van der Waals surface area contributed by atoms with Gasteiger partial charge in [-0.3, -0.25) is 9.35 Å². The Morgan fingerprint density at radius 3 is 2.36 bits per heavy atom. The van der Waals surface area contributed by atoms with Crippen LogP contribution in [0.2, 0.25) is 0 Å². The number of hydrogen-bond donors (Lipinski definition) is 6. The summed E-state index contributed by atoms with van der Waals surface area (Å²) in [6.07, 6.45) is 2.33. The summed E-state index contributed by atoms with van der Waals surface area (Å²) in [4.78, 5) is 12.2. The topological polar surface area (TPSA) is 164 Å². The number of carbonyl (C=O) groups excluding carboxylic acids is 1. The number of aliphatic hydroxyl groups is 4. The zero-order chi connectivity index (χ0) is 26.6. The first kappa shape index (κ1) is 28.2. The molecule has 10 heteroatoms. The highest BCUT2D eigenvalue weighted by atomic mass is 32.2. The third-order valence-electron chi connectivity index (χ3n) is 11.1. The van der Waals surface area contributed by atoms with Gasteiger partial charge in [-0.1, -0.05) is 20.8 Å². The van der Waals surface area contributed by atoms with Crippen LogP contribution in [0, 0.1) is 46.3 Å². The third-order valence-corrected chi connectivity index (χ3v) is 11.8. The minimum absolute atomic E-state index is 0.0663. The van der Waals surface area contributed by atoms with Crippen molar-refractivity contribution < 1.29 is 38.2 Å². The molecule has 36 heavy (non-hydrogen) atoms. The average Bonchev–Trinajstić information content (AvgIpc) is 3.15. The van der Waals surface area contributed by atoms with Crippen LogP contribution in [0.5, 0.6) is 0 Å². The molecular weight excluding hydrogens is 486 g/mol. The second-order valence-corrected chi connectivity index (χ2v) is 14.3. The van der Waals surface area contributed by atoms with E-state index >= 15 is 0 Å². The van der Waals surface area contributed by atoms with Gasteiger partial charge < -0.3 is 25.7 Å². The number of hydrogen-bond acceptors (Lipinski definition) is 7. The molecule has 208 valence electrons. The lowest BCUT2D eigenvalue weighted by Crippen LogP contribution is -2.66. The molecule has 4 fully saturated rings. The smallest absolute Gasteiger partial charge is 0.266 e. The fraction of sp³-hybridized carbons (Fsp3) is 0.962. The molecule has 12 atom stereocenters. The highest BCUT2D eigenvalue weighted by molar-refractivity contribution is 7.85. The number of carbonyl (C=O) groups is 1. The highest BCUT2D eigenvalue weighted by Gasteiger charge is 2.67. The Morgan fingerprint density at radius 1 is 1.00 bits per heavy atom. The molecule has 0 radical (unpaired) electrons. The minimum atomic E-state index is -4.12. The van der Waals surface area contributed by atoms with Gasteiger partial charge in [-0.2, -0.15) is 8.42 Å². The van der Waals surface area contributed by atoms with Gasteiger partial charge in [0.2, 0.25) is 5.91 Å². The van der Waals surface area contributed by atoms with Crippen molar-refractivity contribution in [3.63, 3.8) is 0 Å². The number of fused-ring (bicyclic) bond motifs is 5. The minimum Gasteiger partial charge on any atom is -0.393 e. The standard InChI is InChI=1S/C26H45NO8S/c1-14(4-7-21(30)27-10-11-36(33,34)35)16-5-6-17-22-18(13-20(29)26(16,17)3)25(2)9-8-15(28)12-19(25)23(31)24(22)32/h14-20,22-24,28-29,31-32H,4-13H2,1-3H3,(H,27,30)(H,33,34,35)/t14-,15-,16-,17+,18+,19+,20+,22+,23+,24-,25-,26-/m1/s1. The summed E-state index contributed by atoms with van der Waals surface area (Å²) in [6.45, 7) is 6.26. The third kappa shape index (κ3) is 4.86. The van der Waals surface area contributed by atoms with Crippen molar-refractivity contribution >= 4 is 16.0 Å². The molecule has 0 aliphatic heterocycles. The van der Waals surface area contributed by atoms with Crippen LogP contribution in [0.3, 0.4) is 0 Å². The lowest BCUT2D eigenvalue weighted by atomic mass is 9.42. The van der Waals surface area contributed by atoms with Gasteiger partial charge in [-0.25, -0.2) is 0 Å². The maximum absolute atomic E-state index is 12.2. The fourth-order valence-electron chi connectivity index (χ4n) is 9.14. The van der Waals surface area contributed by atoms with Gasteiger partial charge in [0.25, 0.3) is 10.1 Å². The molecule has 4 saturated carbocycles. The summed E-state index contributed by atoms with van der Waals surface area (Å²) >= 11 is 0. The van der Waals surface area contributed by atoms with Crippen LogP contribution < -0.4 is 5.32 Å². The molecule has 0 unspecified atom stereocenters. The summed E-state index contributed by atoms with van der Waals surface area (Å²) in [5.74, 6) is -0.613. The summed E-state index contributed by atoms with van der Waals surface area (Å²) in [5, 5.41) is 47.0. The van der Waals surface area contributed by atoms with E-state index < -0.39 is 45.7 Å². The van der Waals surface area contributed by atoms with Crippen molar-refractivity contribution in [2.75, 3.05) is 12.3 Å². The quantitative estimate of drug-likeness (QED) is 0.268. The van der Waals surface area contributed by atoms with Crippen molar-refractivity contribution in [2.24, 2.45) is 46.3 Å². The predicted molar refractivity (Wildman–Crippen MR) is 133 cm³/mol. The molecule has 0 bridgehead atoms. The second-order valence-electron chi connectivity index (χ2n) is 12.8. The van der Waals surface area contributed by atoms with Gasteiger partial charge >= 0.3 is 0 Å². The van der Waals surface area contributed by atoms with E-state index in [1.807, 2.05) is 0 Å². The molecule has 0 aromatic rings. The molecule has 0 heterocycles. The zero-order valence-electron chi connectivity index (χ0n) is 21.7. The largest absolute Gasteiger partial charge is 0.393 e. The Balaban J connectivity index is 1.46. The first-order valence-electron chi connectivity index (χ1n) is 13.6. The zero-order valence-corrected chi connectivity index (χ0v) is 22.5. The summed E-state index contributed by atoms with van der Waals surface area (Å²) < 4.78 is 30.5. The molecule has 4 aliphatic carbocycles. The van der Waals surface area contributed by atoms with Crippen molar-refractivity contribution in [3.8, 4) is 0 Å². The van der Waals surface area contributed by atoms with Gasteiger partial charge in [-0.05, 0) is 91.3 Å². The Hall–Kier alpha value is -0.780. The first-order chi connectivity index (χ1) is 16.7. The Labute approximate surface area is 214 Å². The molecular formula is C26H45NO8S. The number of rotatable bonds is 7. The maximum atomic E-state index is 12.2. The monoisotopic (exact) mass is 531 g/mol. The molecule has 0 spiro atoms. The van der Waals surface area contributed by atoms with Crippen molar-refractivity contribution in [3.05, 3.63) is 0 Å². The maximum Gasteiger partial charge on any atom is 0.266 e. The highest BCUT2D eigenvalue weighted by Crippen LogP contribution is 2.68. The van der Waals surface area contributed by atoms with Crippen molar-refractivity contribution in [1.82, 2.24) is 5.32 Å². The second kappa shape index (κ2) is 10.1. The van der Waals surface area contributed by atoms with E-state index in [2.05, 4.69) is 26.1 Å². The molecule has 0 aromatic heterocycles. The van der Waals surface area contributed by atoms with Gasteiger partial charge in [-0.15, -0.1) is 0 Å². The number of aliphatic hydroxyl groups excluding tert-OH is 4. The Bertz CT molecular complexity index is 929. The molecule has 6 N–H and O–H groups in total. The molecule has 4 aliphatic rings. The lowest BCUT2D eigenvalue weighted by Gasteiger charge is -2.64. The summed E-state index contributed by atoms with van der Waals surface area (Å²) in [6, 6.07) is 0. The van der Waals surface area contributed by atoms with Crippen LogP contribution >= 0.6 is 0 Å². The predicted octanol–water partition coefficient (Wildman–Crippen LogP) is 1.34. The van der Waals surface area contributed by atoms with Crippen molar-refractivity contribution in [2.45, 2.75) is 96.6 Å². The van der Waals surface area contributed by atoms with E-state index in [1.54, 1.807) is 0 Å². The van der Waals surface area contributed by atoms with Crippen molar-refractivity contribution in [1.29, 1.82) is 0 Å². The summed E-state index contributed by atoms with van der Waals surface area (Å²) in [7, 11) is -4.12. The van der Waals surface area contributed by atoms with Gasteiger partial charge in [0.1, 0.15) is 0 Å². The normalized spacial score (nSPS) is 47.4. The average molecular weight is 532 g/mol. The van der Waals surface area contributed by atoms with E-state index in [-0.39, 0.29) is 59.8 Å². The van der Waals surface area contributed by atoms with Crippen LogP contribution in [0.25, 0.3) is 0 Å². The Kier molecular flexibility index (Phi) is 7.90. The van der Waals surface area contributed by atoms with E-state index in [4.69, 9.17) is 4.55 Å². The number of amides is 1. The van der Waals surface area contributed by atoms with Crippen LogP contribution in [0.15, 0.2) is 0 Å². The van der Waals surface area contributed by atoms with Crippen LogP contribution in [-0.4, -0.2) is 76.0 Å². The van der Waals surface area contributed by atoms with Crippen LogP contribution in [0.4, 0.5) is 0 Å². The van der Waals surface area contributed by atoms with Crippen LogP contribution in [-0.2, 0) is 14.9 Å².